The summed E-state index contributed by atoms with van der Waals surface area (Å²) in [4.78, 5) is 0. The van der Waals surface area contributed by atoms with Gasteiger partial charge in [0.15, 0.2) is 0 Å². The fourth-order valence-electron chi connectivity index (χ4n) is 3.47. The quantitative estimate of drug-likeness (QED) is 0.809. The van der Waals surface area contributed by atoms with Gasteiger partial charge >= 0.3 is 0 Å². The molecule has 0 aromatic heterocycles. The van der Waals surface area contributed by atoms with Gasteiger partial charge in [0, 0.05) is 17.1 Å². The van der Waals surface area contributed by atoms with Crippen molar-refractivity contribution in [3.8, 4) is 0 Å². The van der Waals surface area contributed by atoms with Crippen molar-refractivity contribution in [1.29, 1.82) is 0 Å². The van der Waals surface area contributed by atoms with E-state index in [9.17, 15) is 0 Å². The Bertz CT molecular complexity index is 648. The maximum absolute atomic E-state index is 6.34. The Balaban J connectivity index is 1.89. The van der Waals surface area contributed by atoms with Gasteiger partial charge in [0.1, 0.15) is 0 Å². The molecule has 1 aliphatic carbocycles. The zero-order valence-corrected chi connectivity index (χ0v) is 13.6. The molecule has 0 radical (unpaired) electrons. The lowest BCUT2D eigenvalue weighted by Gasteiger charge is -2.32. The molecule has 21 heavy (non-hydrogen) atoms. The van der Waals surface area contributed by atoms with Crippen LogP contribution >= 0.6 is 11.6 Å². The molecule has 1 nitrogen and oxygen atoms in total. The van der Waals surface area contributed by atoms with E-state index < -0.39 is 0 Å². The predicted molar refractivity (Wildman–Crippen MR) is 89.7 cm³/mol. The van der Waals surface area contributed by atoms with E-state index in [0.717, 1.165) is 11.4 Å². The summed E-state index contributed by atoms with van der Waals surface area (Å²) in [5.74, 6) is 0. The highest BCUT2D eigenvalue weighted by molar-refractivity contribution is 6.31. The second-order valence-electron chi connectivity index (χ2n) is 6.71. The van der Waals surface area contributed by atoms with E-state index >= 15 is 0 Å². The molecule has 0 spiro atoms. The molecule has 0 fully saturated rings. The topological polar surface area (TPSA) is 12.0 Å². The van der Waals surface area contributed by atoms with Crippen LogP contribution in [0.25, 0.3) is 0 Å². The van der Waals surface area contributed by atoms with Crippen molar-refractivity contribution in [2.24, 2.45) is 5.41 Å². The summed E-state index contributed by atoms with van der Waals surface area (Å²) < 4.78 is 0. The molecule has 0 amide bonds. The molecule has 110 valence electrons. The van der Waals surface area contributed by atoms with Crippen molar-refractivity contribution in [3.63, 3.8) is 0 Å². The summed E-state index contributed by atoms with van der Waals surface area (Å²) in [6, 6.07) is 17.5. The highest BCUT2D eigenvalue weighted by atomic mass is 35.5. The van der Waals surface area contributed by atoms with Gasteiger partial charge in [-0.05, 0) is 41.5 Å². The normalized spacial score (nSPS) is 21.0. The van der Waals surface area contributed by atoms with Crippen molar-refractivity contribution in [2.75, 3.05) is 0 Å². The molecule has 0 bridgehead atoms. The number of benzene rings is 2. The minimum Gasteiger partial charge on any atom is -0.303 e. The molecule has 2 aromatic carbocycles. The summed E-state index contributed by atoms with van der Waals surface area (Å²) in [6.45, 7) is 6.87. The lowest BCUT2D eigenvalue weighted by Crippen LogP contribution is -2.33. The Kier molecular flexibility index (Phi) is 3.81. The third-order valence-corrected chi connectivity index (χ3v) is 4.93. The number of rotatable bonds is 3. The zero-order valence-electron chi connectivity index (χ0n) is 12.9. The lowest BCUT2D eigenvalue weighted by molar-refractivity contribution is 0.252. The number of hydrogen-bond donors (Lipinski definition) is 1. The molecule has 2 atom stereocenters. The van der Waals surface area contributed by atoms with E-state index in [-0.39, 0.29) is 11.5 Å². The van der Waals surface area contributed by atoms with Crippen LogP contribution in [0.1, 0.15) is 49.5 Å². The number of halogens is 1. The Morgan fingerprint density at radius 3 is 2.52 bits per heavy atom. The van der Waals surface area contributed by atoms with E-state index in [1.165, 1.54) is 16.7 Å². The average molecular weight is 300 g/mol. The first-order valence-electron chi connectivity index (χ1n) is 7.57. The molecule has 2 aromatic rings. The van der Waals surface area contributed by atoms with Crippen LogP contribution in [0.2, 0.25) is 5.02 Å². The van der Waals surface area contributed by atoms with Gasteiger partial charge in [-0.2, -0.15) is 0 Å². The number of nitrogens with one attached hydrogen (secondary N) is 1. The third-order valence-electron chi connectivity index (χ3n) is 4.58. The predicted octanol–water partition coefficient (Wildman–Crippen LogP) is 5.31. The summed E-state index contributed by atoms with van der Waals surface area (Å²) in [6.07, 6.45) is 1.12. The van der Waals surface area contributed by atoms with Gasteiger partial charge in [-0.1, -0.05) is 67.9 Å². The SMILES string of the molecule is C[C@H](NC1c2ccccc2CC1(C)C)c1ccccc1Cl. The van der Waals surface area contributed by atoms with Gasteiger partial charge < -0.3 is 5.32 Å². The third kappa shape index (κ3) is 2.73. The van der Waals surface area contributed by atoms with E-state index in [1.54, 1.807) is 0 Å². The molecule has 3 rings (SSSR count). The number of fused-ring (bicyclic) bond motifs is 1. The molecule has 0 aliphatic heterocycles. The van der Waals surface area contributed by atoms with Crippen molar-refractivity contribution >= 4 is 11.6 Å². The van der Waals surface area contributed by atoms with Gasteiger partial charge in [0.2, 0.25) is 0 Å². The summed E-state index contributed by atoms with van der Waals surface area (Å²) in [5, 5.41) is 4.63. The van der Waals surface area contributed by atoms with E-state index in [1.807, 2.05) is 18.2 Å². The minimum absolute atomic E-state index is 0.221. The van der Waals surface area contributed by atoms with Crippen molar-refractivity contribution in [2.45, 2.75) is 39.3 Å². The first-order valence-corrected chi connectivity index (χ1v) is 7.95. The molecule has 0 saturated carbocycles. The largest absolute Gasteiger partial charge is 0.303 e. The van der Waals surface area contributed by atoms with Crippen molar-refractivity contribution in [3.05, 3.63) is 70.2 Å². The standard InChI is InChI=1S/C19H22ClN/c1-13(15-9-6-7-11-17(15)20)21-18-16-10-5-4-8-14(16)12-19(18,2)3/h4-11,13,18,21H,12H2,1-3H3/t13-,18?/m0/s1. The van der Waals surface area contributed by atoms with Crippen LogP contribution in [0.3, 0.4) is 0 Å². The smallest absolute Gasteiger partial charge is 0.0453 e. The summed E-state index contributed by atoms with van der Waals surface area (Å²) >= 11 is 6.34. The Labute approximate surface area is 132 Å². The monoisotopic (exact) mass is 299 g/mol. The first-order chi connectivity index (χ1) is 9.99. The Morgan fingerprint density at radius 2 is 1.76 bits per heavy atom. The van der Waals surface area contributed by atoms with Crippen molar-refractivity contribution < 1.29 is 0 Å². The van der Waals surface area contributed by atoms with E-state index in [0.29, 0.717) is 6.04 Å². The van der Waals surface area contributed by atoms with Gasteiger partial charge in [0.05, 0.1) is 0 Å². The van der Waals surface area contributed by atoms with Crippen LogP contribution in [0.15, 0.2) is 48.5 Å². The lowest BCUT2D eigenvalue weighted by atomic mass is 9.84. The molecular weight excluding hydrogens is 278 g/mol. The maximum Gasteiger partial charge on any atom is 0.0453 e. The number of hydrogen-bond acceptors (Lipinski definition) is 1. The van der Waals surface area contributed by atoms with Crippen LogP contribution in [0.5, 0.6) is 0 Å². The molecule has 1 N–H and O–H groups in total. The van der Waals surface area contributed by atoms with Crippen LogP contribution in [0, 0.1) is 5.41 Å². The maximum atomic E-state index is 6.34. The van der Waals surface area contributed by atoms with Gasteiger partial charge in [0.25, 0.3) is 0 Å². The van der Waals surface area contributed by atoms with Crippen LogP contribution < -0.4 is 5.32 Å². The van der Waals surface area contributed by atoms with E-state index in [2.05, 4.69) is 56.4 Å². The highest BCUT2D eigenvalue weighted by Crippen LogP contribution is 2.46. The minimum atomic E-state index is 0.221. The fraction of sp³-hybridized carbons (Fsp3) is 0.368. The van der Waals surface area contributed by atoms with Crippen molar-refractivity contribution in [1.82, 2.24) is 5.32 Å². The second kappa shape index (κ2) is 5.47. The van der Waals surface area contributed by atoms with Crippen LogP contribution in [-0.2, 0) is 6.42 Å². The zero-order chi connectivity index (χ0) is 15.0. The summed E-state index contributed by atoms with van der Waals surface area (Å²) in [7, 11) is 0. The first kappa shape index (κ1) is 14.6. The molecule has 0 heterocycles. The molecule has 1 aliphatic rings. The Morgan fingerprint density at radius 1 is 1.10 bits per heavy atom. The van der Waals surface area contributed by atoms with Gasteiger partial charge in [-0.15, -0.1) is 0 Å². The Hall–Kier alpha value is -1.31. The second-order valence-corrected chi connectivity index (χ2v) is 7.11. The summed E-state index contributed by atoms with van der Waals surface area (Å²) in [5.41, 5.74) is 4.28. The fourth-order valence-corrected chi connectivity index (χ4v) is 3.77. The highest BCUT2D eigenvalue weighted by Gasteiger charge is 2.39. The molecule has 1 unspecified atom stereocenters. The van der Waals surface area contributed by atoms with Gasteiger partial charge in [-0.3, -0.25) is 0 Å². The van der Waals surface area contributed by atoms with Gasteiger partial charge in [-0.25, -0.2) is 0 Å². The molecular formula is C19H22ClN. The average Bonchev–Trinajstić information content (AvgIpc) is 2.70. The molecule has 0 saturated heterocycles. The van der Waals surface area contributed by atoms with Crippen LogP contribution in [-0.4, -0.2) is 0 Å². The van der Waals surface area contributed by atoms with Crippen LogP contribution in [0.4, 0.5) is 0 Å². The van der Waals surface area contributed by atoms with E-state index in [4.69, 9.17) is 11.6 Å². The molecule has 2 heteroatoms.